The number of nitrogens with zero attached hydrogens (tertiary/aromatic N) is 4. The highest BCUT2D eigenvalue weighted by Crippen LogP contribution is 2.42. The van der Waals surface area contributed by atoms with Crippen molar-refractivity contribution in [3.63, 3.8) is 0 Å². The number of rotatable bonds is 8. The Morgan fingerprint density at radius 1 is 1.11 bits per heavy atom. The standard InChI is InChI=1S/C26H26Cl2N4O2S2/c1-6-14(3)35-25-22(18-9-10-20(27)21(28)12-18)30-26(36-25)32-23(24(33)34)19(16(5)31-32)11-17-8-7-13(2)29-15(17)4/h7-10,12,14H,6,11H2,1-5H3,(H,33,34). The van der Waals surface area contributed by atoms with Crippen LogP contribution >= 0.6 is 46.3 Å². The average Bonchev–Trinajstić information content (AvgIpc) is 3.38. The maximum Gasteiger partial charge on any atom is 0.355 e. The smallest absolute Gasteiger partial charge is 0.355 e. The van der Waals surface area contributed by atoms with Crippen LogP contribution in [0.25, 0.3) is 16.4 Å². The molecule has 3 aromatic heterocycles. The van der Waals surface area contributed by atoms with Gasteiger partial charge in [0.2, 0.25) is 5.13 Å². The molecule has 0 fully saturated rings. The number of pyridine rings is 1. The molecule has 4 aromatic rings. The fourth-order valence-electron chi connectivity index (χ4n) is 3.78. The summed E-state index contributed by atoms with van der Waals surface area (Å²) in [5.74, 6) is -1.05. The summed E-state index contributed by atoms with van der Waals surface area (Å²) in [7, 11) is 0. The molecule has 0 amide bonds. The quantitative estimate of drug-likeness (QED) is 0.221. The van der Waals surface area contributed by atoms with E-state index in [4.69, 9.17) is 28.2 Å². The molecule has 0 bridgehead atoms. The van der Waals surface area contributed by atoms with E-state index in [1.165, 1.54) is 16.0 Å². The first-order valence-electron chi connectivity index (χ1n) is 11.5. The van der Waals surface area contributed by atoms with Crippen LogP contribution in [0, 0.1) is 20.8 Å². The van der Waals surface area contributed by atoms with E-state index in [9.17, 15) is 9.90 Å². The first kappa shape index (κ1) is 26.7. The zero-order valence-corrected chi connectivity index (χ0v) is 23.7. The first-order chi connectivity index (χ1) is 17.1. The summed E-state index contributed by atoms with van der Waals surface area (Å²) < 4.78 is 2.43. The van der Waals surface area contributed by atoms with Crippen LogP contribution in [0.3, 0.4) is 0 Å². The molecular formula is C26H26Cl2N4O2S2. The Hall–Kier alpha value is -2.39. The van der Waals surface area contributed by atoms with Gasteiger partial charge in [-0.15, -0.1) is 11.8 Å². The summed E-state index contributed by atoms with van der Waals surface area (Å²) in [6.07, 6.45) is 1.40. The van der Waals surface area contributed by atoms with Crippen LogP contribution in [0.2, 0.25) is 10.0 Å². The Balaban J connectivity index is 1.85. The number of aromatic nitrogens is 4. The van der Waals surface area contributed by atoms with Crippen molar-refractivity contribution in [3.8, 4) is 16.4 Å². The molecule has 6 nitrogen and oxygen atoms in total. The first-order valence-corrected chi connectivity index (χ1v) is 13.9. The Kier molecular flexibility index (Phi) is 8.09. The van der Waals surface area contributed by atoms with Crippen LogP contribution in [0.15, 0.2) is 34.5 Å². The molecule has 0 aliphatic heterocycles. The Morgan fingerprint density at radius 3 is 2.50 bits per heavy atom. The minimum atomic E-state index is -1.05. The fraction of sp³-hybridized carbons (Fsp3) is 0.308. The molecule has 0 saturated carbocycles. The SMILES string of the molecule is CCC(C)Sc1sc(-n2nc(C)c(Cc3ccc(C)nc3C)c2C(=O)O)nc1-c1ccc(Cl)c(Cl)c1. The molecule has 1 N–H and O–H groups in total. The summed E-state index contributed by atoms with van der Waals surface area (Å²) in [6, 6.07) is 9.33. The number of hydrogen-bond donors (Lipinski definition) is 1. The second kappa shape index (κ2) is 10.9. The molecule has 1 unspecified atom stereocenters. The minimum absolute atomic E-state index is 0.113. The lowest BCUT2D eigenvalue weighted by molar-refractivity contribution is 0.0686. The largest absolute Gasteiger partial charge is 0.476 e. The lowest BCUT2D eigenvalue weighted by Gasteiger charge is -2.08. The summed E-state index contributed by atoms with van der Waals surface area (Å²) in [5.41, 5.74) is 5.74. The van der Waals surface area contributed by atoms with Gasteiger partial charge in [-0.25, -0.2) is 9.78 Å². The number of aryl methyl sites for hydroxylation is 3. The highest BCUT2D eigenvalue weighted by molar-refractivity contribution is 8.01. The predicted molar refractivity (Wildman–Crippen MR) is 149 cm³/mol. The van der Waals surface area contributed by atoms with E-state index in [0.717, 1.165) is 38.8 Å². The molecule has 0 saturated heterocycles. The van der Waals surface area contributed by atoms with Gasteiger partial charge in [-0.05, 0) is 51.0 Å². The number of carboxylic acid groups (broad SMARTS) is 1. The monoisotopic (exact) mass is 560 g/mol. The molecule has 1 aromatic carbocycles. The van der Waals surface area contributed by atoms with E-state index in [1.54, 1.807) is 23.9 Å². The van der Waals surface area contributed by atoms with Gasteiger partial charge in [-0.2, -0.15) is 9.78 Å². The van der Waals surface area contributed by atoms with Crippen LogP contribution in [-0.4, -0.2) is 36.1 Å². The number of halogens is 2. The highest BCUT2D eigenvalue weighted by Gasteiger charge is 2.26. The second-order valence-corrected chi connectivity index (χ2v) is 12.1. The van der Waals surface area contributed by atoms with Gasteiger partial charge in [0.05, 0.1) is 25.6 Å². The van der Waals surface area contributed by atoms with Crippen molar-refractivity contribution in [1.82, 2.24) is 19.7 Å². The van der Waals surface area contributed by atoms with E-state index in [0.29, 0.717) is 38.1 Å². The topological polar surface area (TPSA) is 80.9 Å². The van der Waals surface area contributed by atoms with Crippen molar-refractivity contribution in [2.45, 2.75) is 56.9 Å². The van der Waals surface area contributed by atoms with Crippen molar-refractivity contribution >= 4 is 52.3 Å². The summed E-state index contributed by atoms with van der Waals surface area (Å²) in [4.78, 5) is 21.9. The Bertz CT molecular complexity index is 1450. The minimum Gasteiger partial charge on any atom is -0.476 e. The molecule has 0 aliphatic rings. The molecule has 0 radical (unpaired) electrons. The third kappa shape index (κ3) is 5.47. The van der Waals surface area contributed by atoms with Crippen molar-refractivity contribution in [1.29, 1.82) is 0 Å². The van der Waals surface area contributed by atoms with Crippen molar-refractivity contribution in [2.24, 2.45) is 0 Å². The lowest BCUT2D eigenvalue weighted by Crippen LogP contribution is -2.10. The van der Waals surface area contributed by atoms with Gasteiger partial charge in [0.15, 0.2) is 5.69 Å². The van der Waals surface area contributed by atoms with E-state index >= 15 is 0 Å². The third-order valence-electron chi connectivity index (χ3n) is 5.93. The van der Waals surface area contributed by atoms with E-state index in [1.807, 2.05) is 39.0 Å². The van der Waals surface area contributed by atoms with Gasteiger partial charge in [-0.1, -0.05) is 60.5 Å². The number of thioether (sulfide) groups is 1. The number of carboxylic acids is 1. The highest BCUT2D eigenvalue weighted by atomic mass is 35.5. The molecule has 1 atom stereocenters. The van der Waals surface area contributed by atoms with Gasteiger partial charge in [0.1, 0.15) is 0 Å². The molecule has 3 heterocycles. The lowest BCUT2D eigenvalue weighted by atomic mass is 10.0. The van der Waals surface area contributed by atoms with Crippen molar-refractivity contribution < 1.29 is 9.90 Å². The van der Waals surface area contributed by atoms with Crippen LogP contribution in [0.1, 0.15) is 59.0 Å². The van der Waals surface area contributed by atoms with Gasteiger partial charge in [-0.3, -0.25) is 4.98 Å². The zero-order valence-electron chi connectivity index (χ0n) is 20.6. The third-order valence-corrected chi connectivity index (χ3v) is 9.18. The number of carbonyl (C=O) groups is 1. The van der Waals surface area contributed by atoms with Crippen LogP contribution in [0.5, 0.6) is 0 Å². The summed E-state index contributed by atoms with van der Waals surface area (Å²) >= 11 is 15.6. The normalized spacial score (nSPS) is 12.2. The van der Waals surface area contributed by atoms with E-state index in [2.05, 4.69) is 23.9 Å². The van der Waals surface area contributed by atoms with Crippen molar-refractivity contribution in [3.05, 3.63) is 74.3 Å². The molecule has 188 valence electrons. The molecule has 10 heteroatoms. The molecule has 0 aliphatic carbocycles. The van der Waals surface area contributed by atoms with Gasteiger partial charge < -0.3 is 5.11 Å². The number of benzene rings is 1. The van der Waals surface area contributed by atoms with Crippen molar-refractivity contribution in [2.75, 3.05) is 0 Å². The van der Waals surface area contributed by atoms with Crippen LogP contribution in [0.4, 0.5) is 0 Å². The molecule has 36 heavy (non-hydrogen) atoms. The number of aromatic carboxylic acids is 1. The second-order valence-electron chi connectivity index (χ2n) is 8.60. The Morgan fingerprint density at radius 2 is 1.86 bits per heavy atom. The van der Waals surface area contributed by atoms with E-state index in [-0.39, 0.29) is 5.69 Å². The summed E-state index contributed by atoms with van der Waals surface area (Å²) in [5, 5.41) is 16.6. The Labute approximate surface area is 228 Å². The van der Waals surface area contributed by atoms with E-state index < -0.39 is 5.97 Å². The molecule has 0 spiro atoms. The zero-order chi connectivity index (χ0) is 26.1. The average molecular weight is 562 g/mol. The van der Waals surface area contributed by atoms with Crippen LogP contribution < -0.4 is 0 Å². The molecule has 4 rings (SSSR count). The summed E-state index contributed by atoms with van der Waals surface area (Å²) in [6.45, 7) is 9.99. The fourth-order valence-corrected chi connectivity index (χ4v) is 6.58. The molecular weight excluding hydrogens is 535 g/mol. The van der Waals surface area contributed by atoms with Crippen LogP contribution in [-0.2, 0) is 6.42 Å². The number of thiazole rings is 1. The van der Waals surface area contributed by atoms with Gasteiger partial charge >= 0.3 is 5.97 Å². The van der Waals surface area contributed by atoms with Gasteiger partial charge in [0.25, 0.3) is 0 Å². The predicted octanol–water partition coefficient (Wildman–Crippen LogP) is 7.80. The maximum absolute atomic E-state index is 12.5. The number of hydrogen-bond acceptors (Lipinski definition) is 6. The maximum atomic E-state index is 12.5. The van der Waals surface area contributed by atoms with Gasteiger partial charge in [0, 0.05) is 34.2 Å².